The van der Waals surface area contributed by atoms with E-state index in [4.69, 9.17) is 4.74 Å². The molecule has 3 nitrogen and oxygen atoms in total. The lowest BCUT2D eigenvalue weighted by Crippen LogP contribution is -2.52. The van der Waals surface area contributed by atoms with Crippen LogP contribution in [0.3, 0.4) is 0 Å². The van der Waals surface area contributed by atoms with Gasteiger partial charge in [0.25, 0.3) is 0 Å². The number of hydrogen-bond donors (Lipinski definition) is 0. The Morgan fingerprint density at radius 2 is 2.00 bits per heavy atom. The number of fused-ring (bicyclic) bond motifs is 1. The Labute approximate surface area is 105 Å². The first-order chi connectivity index (χ1) is 8.28. The maximum atomic E-state index is 5.63. The first-order valence-corrected chi connectivity index (χ1v) is 7.35. The SMILES string of the molecule is CC1(N2CCCN3CCCCC3C2)CCOC1. The first-order valence-electron chi connectivity index (χ1n) is 7.35. The maximum Gasteiger partial charge on any atom is 0.0648 e. The van der Waals surface area contributed by atoms with Crippen LogP contribution in [-0.4, -0.2) is 60.8 Å². The van der Waals surface area contributed by atoms with E-state index in [9.17, 15) is 0 Å². The van der Waals surface area contributed by atoms with Crippen LogP contribution in [-0.2, 0) is 4.74 Å². The summed E-state index contributed by atoms with van der Waals surface area (Å²) in [6, 6.07) is 0.823. The Morgan fingerprint density at radius 3 is 2.82 bits per heavy atom. The molecule has 0 spiro atoms. The minimum Gasteiger partial charge on any atom is -0.379 e. The van der Waals surface area contributed by atoms with Gasteiger partial charge in [0.2, 0.25) is 0 Å². The van der Waals surface area contributed by atoms with Crippen LogP contribution in [0.5, 0.6) is 0 Å². The minimum atomic E-state index is 0.327. The van der Waals surface area contributed by atoms with Crippen LogP contribution < -0.4 is 0 Å². The van der Waals surface area contributed by atoms with Gasteiger partial charge in [-0.3, -0.25) is 9.80 Å². The molecule has 0 radical (unpaired) electrons. The van der Waals surface area contributed by atoms with Gasteiger partial charge in [0.15, 0.2) is 0 Å². The van der Waals surface area contributed by atoms with Crippen molar-refractivity contribution in [2.75, 3.05) is 39.4 Å². The van der Waals surface area contributed by atoms with E-state index >= 15 is 0 Å². The summed E-state index contributed by atoms with van der Waals surface area (Å²) in [4.78, 5) is 5.47. The Morgan fingerprint density at radius 1 is 1.12 bits per heavy atom. The van der Waals surface area contributed by atoms with Crippen LogP contribution >= 0.6 is 0 Å². The maximum absolute atomic E-state index is 5.63. The molecule has 3 aliphatic heterocycles. The molecule has 2 atom stereocenters. The van der Waals surface area contributed by atoms with Crippen LogP contribution in [0.4, 0.5) is 0 Å². The van der Waals surface area contributed by atoms with Crippen molar-refractivity contribution >= 4 is 0 Å². The van der Waals surface area contributed by atoms with Gasteiger partial charge in [-0.15, -0.1) is 0 Å². The van der Waals surface area contributed by atoms with Crippen molar-refractivity contribution in [1.82, 2.24) is 9.80 Å². The second-order valence-corrected chi connectivity index (χ2v) is 6.28. The fourth-order valence-electron chi connectivity index (χ4n) is 3.77. The fourth-order valence-corrected chi connectivity index (χ4v) is 3.77. The molecule has 0 aromatic carbocycles. The van der Waals surface area contributed by atoms with Crippen molar-refractivity contribution in [2.45, 2.75) is 50.6 Å². The summed E-state index contributed by atoms with van der Waals surface area (Å²) in [6.45, 7) is 9.51. The second kappa shape index (κ2) is 4.87. The van der Waals surface area contributed by atoms with Crippen LogP contribution in [0, 0.1) is 0 Å². The summed E-state index contributed by atoms with van der Waals surface area (Å²) in [5, 5.41) is 0. The Hall–Kier alpha value is -0.120. The molecule has 3 fully saturated rings. The van der Waals surface area contributed by atoms with Crippen molar-refractivity contribution in [2.24, 2.45) is 0 Å². The number of ether oxygens (including phenoxy) is 1. The molecule has 3 heterocycles. The molecule has 3 rings (SSSR count). The van der Waals surface area contributed by atoms with E-state index in [-0.39, 0.29) is 0 Å². The van der Waals surface area contributed by atoms with Gasteiger partial charge >= 0.3 is 0 Å². The molecule has 0 amide bonds. The lowest BCUT2D eigenvalue weighted by atomic mass is 9.96. The molecule has 0 aliphatic carbocycles. The zero-order valence-electron chi connectivity index (χ0n) is 11.2. The minimum absolute atomic E-state index is 0.327. The summed E-state index contributed by atoms with van der Waals surface area (Å²) in [6.07, 6.45) is 6.82. The molecule has 0 bridgehead atoms. The van der Waals surface area contributed by atoms with Crippen LogP contribution in [0.1, 0.15) is 39.0 Å². The van der Waals surface area contributed by atoms with Gasteiger partial charge in [-0.1, -0.05) is 6.42 Å². The third-order valence-electron chi connectivity index (χ3n) is 5.01. The molecular weight excluding hydrogens is 212 g/mol. The van der Waals surface area contributed by atoms with Gasteiger partial charge in [0.05, 0.1) is 6.61 Å². The molecule has 3 saturated heterocycles. The van der Waals surface area contributed by atoms with Crippen molar-refractivity contribution in [1.29, 1.82) is 0 Å². The normalized spacial score (nSPS) is 41.1. The zero-order chi connectivity index (χ0) is 11.7. The number of piperidine rings is 1. The molecule has 0 saturated carbocycles. The summed E-state index contributed by atoms with van der Waals surface area (Å²) in [7, 11) is 0. The highest BCUT2D eigenvalue weighted by molar-refractivity contribution is 4.94. The molecule has 0 N–H and O–H groups in total. The predicted octanol–water partition coefficient (Wildman–Crippen LogP) is 1.73. The van der Waals surface area contributed by atoms with E-state index in [2.05, 4.69) is 16.7 Å². The highest BCUT2D eigenvalue weighted by atomic mass is 16.5. The standard InChI is InChI=1S/C14H26N2O/c1-14(6-10-17-12-14)16-9-4-8-15-7-3-2-5-13(15)11-16/h13H,2-12H2,1H3. The first kappa shape index (κ1) is 11.9. The van der Waals surface area contributed by atoms with Crippen molar-refractivity contribution in [3.8, 4) is 0 Å². The highest BCUT2D eigenvalue weighted by Crippen LogP contribution is 2.30. The van der Waals surface area contributed by atoms with E-state index in [0.29, 0.717) is 5.54 Å². The van der Waals surface area contributed by atoms with Crippen LogP contribution in [0.15, 0.2) is 0 Å². The van der Waals surface area contributed by atoms with Gasteiger partial charge in [-0.2, -0.15) is 0 Å². The lowest BCUT2D eigenvalue weighted by Gasteiger charge is -2.40. The van der Waals surface area contributed by atoms with Gasteiger partial charge < -0.3 is 4.74 Å². The van der Waals surface area contributed by atoms with Crippen molar-refractivity contribution in [3.63, 3.8) is 0 Å². The average Bonchev–Trinajstić information content (AvgIpc) is 2.66. The third-order valence-corrected chi connectivity index (χ3v) is 5.01. The molecule has 17 heavy (non-hydrogen) atoms. The van der Waals surface area contributed by atoms with Gasteiger partial charge in [-0.25, -0.2) is 0 Å². The smallest absolute Gasteiger partial charge is 0.0648 e. The van der Waals surface area contributed by atoms with E-state index in [0.717, 1.165) is 19.3 Å². The number of rotatable bonds is 1. The quantitative estimate of drug-likeness (QED) is 0.692. The van der Waals surface area contributed by atoms with Crippen LogP contribution in [0.2, 0.25) is 0 Å². The van der Waals surface area contributed by atoms with E-state index < -0.39 is 0 Å². The van der Waals surface area contributed by atoms with E-state index in [1.165, 1.54) is 58.3 Å². The monoisotopic (exact) mass is 238 g/mol. The highest BCUT2D eigenvalue weighted by Gasteiger charge is 2.39. The van der Waals surface area contributed by atoms with Crippen molar-refractivity contribution in [3.05, 3.63) is 0 Å². The summed E-state index contributed by atoms with van der Waals surface area (Å²) < 4.78 is 5.63. The number of hydrogen-bond acceptors (Lipinski definition) is 3. The second-order valence-electron chi connectivity index (χ2n) is 6.28. The molecule has 3 heteroatoms. The molecular formula is C14H26N2O. The largest absolute Gasteiger partial charge is 0.379 e. The van der Waals surface area contributed by atoms with Gasteiger partial charge in [0.1, 0.15) is 0 Å². The Balaban J connectivity index is 1.69. The molecule has 0 aromatic rings. The molecule has 2 unspecified atom stereocenters. The van der Waals surface area contributed by atoms with Crippen LogP contribution in [0.25, 0.3) is 0 Å². The summed E-state index contributed by atoms with van der Waals surface area (Å²) in [5.41, 5.74) is 0.327. The Bertz CT molecular complexity index is 263. The summed E-state index contributed by atoms with van der Waals surface area (Å²) in [5.74, 6) is 0. The van der Waals surface area contributed by atoms with Gasteiger partial charge in [0, 0.05) is 31.3 Å². The average molecular weight is 238 g/mol. The number of nitrogens with zero attached hydrogens (tertiary/aromatic N) is 2. The fraction of sp³-hybridized carbons (Fsp3) is 1.00. The molecule has 3 aliphatic rings. The zero-order valence-corrected chi connectivity index (χ0v) is 11.2. The lowest BCUT2D eigenvalue weighted by molar-refractivity contribution is 0.0599. The molecule has 0 aromatic heterocycles. The van der Waals surface area contributed by atoms with Gasteiger partial charge in [-0.05, 0) is 45.7 Å². The third kappa shape index (κ3) is 2.38. The predicted molar refractivity (Wildman–Crippen MR) is 69.2 cm³/mol. The topological polar surface area (TPSA) is 15.7 Å². The van der Waals surface area contributed by atoms with Crippen molar-refractivity contribution < 1.29 is 4.74 Å². The van der Waals surface area contributed by atoms with E-state index in [1.54, 1.807) is 0 Å². The summed E-state index contributed by atoms with van der Waals surface area (Å²) >= 11 is 0. The molecule has 98 valence electrons. The van der Waals surface area contributed by atoms with E-state index in [1.807, 2.05) is 0 Å². The Kier molecular flexibility index (Phi) is 3.42.